The number of fused-ring (bicyclic) bond motifs is 1. The minimum Gasteiger partial charge on any atom is -0.439 e. The van der Waals surface area contributed by atoms with Crippen molar-refractivity contribution in [1.29, 1.82) is 0 Å². The molecule has 0 atom stereocenters. The number of carbonyl (C=O) groups is 1. The van der Waals surface area contributed by atoms with Gasteiger partial charge in [0, 0.05) is 18.5 Å². The zero-order valence-electron chi connectivity index (χ0n) is 13.7. The predicted octanol–water partition coefficient (Wildman–Crippen LogP) is 2.85. The van der Waals surface area contributed by atoms with Crippen LogP contribution in [-0.2, 0) is 6.54 Å². The molecule has 1 amide bonds. The predicted molar refractivity (Wildman–Crippen MR) is 94.9 cm³/mol. The molecule has 0 saturated heterocycles. The van der Waals surface area contributed by atoms with Crippen LogP contribution in [0.1, 0.15) is 16.2 Å². The van der Waals surface area contributed by atoms with Crippen molar-refractivity contribution in [2.24, 2.45) is 0 Å². The van der Waals surface area contributed by atoms with Gasteiger partial charge in [-0.15, -0.1) is 10.2 Å². The molecule has 0 aliphatic rings. The highest BCUT2D eigenvalue weighted by Crippen LogP contribution is 2.18. The number of rotatable bonds is 5. The summed E-state index contributed by atoms with van der Waals surface area (Å²) in [7, 11) is 0. The van der Waals surface area contributed by atoms with Gasteiger partial charge in [0.2, 0.25) is 5.88 Å². The van der Waals surface area contributed by atoms with Crippen molar-refractivity contribution in [3.05, 3.63) is 84.4 Å². The van der Waals surface area contributed by atoms with Gasteiger partial charge in [-0.1, -0.05) is 24.3 Å². The van der Waals surface area contributed by atoms with Gasteiger partial charge in [-0.25, -0.2) is 4.98 Å². The molecule has 3 aromatic heterocycles. The Morgan fingerprint density at radius 3 is 2.65 bits per heavy atom. The maximum Gasteiger partial charge on any atom is 0.253 e. The number of hydrogen-bond acceptors (Lipinski definition) is 5. The second-order valence-corrected chi connectivity index (χ2v) is 5.53. The Balaban J connectivity index is 1.40. The van der Waals surface area contributed by atoms with Gasteiger partial charge in [0.25, 0.3) is 5.91 Å². The summed E-state index contributed by atoms with van der Waals surface area (Å²) < 4.78 is 7.44. The van der Waals surface area contributed by atoms with Gasteiger partial charge >= 0.3 is 0 Å². The SMILES string of the molecule is O=C(NCc1nnc2ccccn12)c1ccc(Oc2ccccc2)nc1. The van der Waals surface area contributed by atoms with E-state index in [0.717, 1.165) is 5.65 Å². The molecule has 1 N–H and O–H groups in total. The highest BCUT2D eigenvalue weighted by Gasteiger charge is 2.10. The normalized spacial score (nSPS) is 10.6. The molecule has 0 aliphatic carbocycles. The Labute approximate surface area is 149 Å². The summed E-state index contributed by atoms with van der Waals surface area (Å²) >= 11 is 0. The standard InChI is InChI=1S/C19H15N5O2/c25-19(21-13-17-23-22-16-8-4-5-11-24(16)17)14-9-10-18(20-12-14)26-15-6-2-1-3-7-15/h1-12H,13H2,(H,21,25). The molecule has 0 bridgehead atoms. The molecule has 1 aromatic carbocycles. The van der Waals surface area contributed by atoms with Gasteiger partial charge in [0.15, 0.2) is 11.5 Å². The Morgan fingerprint density at radius 2 is 1.85 bits per heavy atom. The number of nitrogens with one attached hydrogen (secondary N) is 1. The van der Waals surface area contributed by atoms with Crippen LogP contribution in [0.3, 0.4) is 0 Å². The first-order valence-corrected chi connectivity index (χ1v) is 8.05. The van der Waals surface area contributed by atoms with Crippen LogP contribution >= 0.6 is 0 Å². The van der Waals surface area contributed by atoms with Crippen molar-refractivity contribution < 1.29 is 9.53 Å². The van der Waals surface area contributed by atoms with E-state index in [0.29, 0.717) is 23.0 Å². The fraction of sp³-hybridized carbons (Fsp3) is 0.0526. The van der Waals surface area contributed by atoms with Crippen molar-refractivity contribution in [1.82, 2.24) is 24.9 Å². The van der Waals surface area contributed by atoms with Gasteiger partial charge < -0.3 is 10.1 Å². The molecule has 128 valence electrons. The molecular weight excluding hydrogens is 330 g/mol. The van der Waals surface area contributed by atoms with E-state index in [1.807, 2.05) is 59.1 Å². The molecule has 4 aromatic rings. The van der Waals surface area contributed by atoms with Crippen LogP contribution in [0.2, 0.25) is 0 Å². The molecule has 0 radical (unpaired) electrons. The Hall–Kier alpha value is -3.74. The zero-order valence-corrected chi connectivity index (χ0v) is 13.7. The summed E-state index contributed by atoms with van der Waals surface area (Å²) in [5.41, 5.74) is 1.18. The number of aromatic nitrogens is 4. The first-order valence-electron chi connectivity index (χ1n) is 8.05. The zero-order chi connectivity index (χ0) is 17.8. The number of para-hydroxylation sites is 1. The lowest BCUT2D eigenvalue weighted by atomic mass is 10.2. The van der Waals surface area contributed by atoms with Crippen LogP contribution in [0.5, 0.6) is 11.6 Å². The number of pyridine rings is 2. The largest absolute Gasteiger partial charge is 0.439 e. The van der Waals surface area contributed by atoms with Crippen molar-refractivity contribution >= 4 is 11.6 Å². The summed E-state index contributed by atoms with van der Waals surface area (Å²) in [6.45, 7) is 0.270. The van der Waals surface area contributed by atoms with Crippen LogP contribution in [0, 0.1) is 0 Å². The topological polar surface area (TPSA) is 81.4 Å². The van der Waals surface area contributed by atoms with Gasteiger partial charge in [0.1, 0.15) is 5.75 Å². The second kappa shape index (κ2) is 7.02. The summed E-state index contributed by atoms with van der Waals surface area (Å²) in [5.74, 6) is 1.54. The fourth-order valence-electron chi connectivity index (χ4n) is 2.46. The summed E-state index contributed by atoms with van der Waals surface area (Å²) in [6.07, 6.45) is 3.34. The highest BCUT2D eigenvalue weighted by atomic mass is 16.5. The van der Waals surface area contributed by atoms with Gasteiger partial charge in [-0.3, -0.25) is 9.20 Å². The fourth-order valence-corrected chi connectivity index (χ4v) is 2.46. The van der Waals surface area contributed by atoms with E-state index in [4.69, 9.17) is 4.74 Å². The highest BCUT2D eigenvalue weighted by molar-refractivity contribution is 5.93. The molecule has 3 heterocycles. The molecule has 0 spiro atoms. The van der Waals surface area contributed by atoms with E-state index in [-0.39, 0.29) is 12.5 Å². The molecule has 0 saturated carbocycles. The van der Waals surface area contributed by atoms with Crippen molar-refractivity contribution in [2.45, 2.75) is 6.54 Å². The lowest BCUT2D eigenvalue weighted by Crippen LogP contribution is -2.24. The maximum atomic E-state index is 12.3. The Kier molecular flexibility index (Phi) is 4.26. The third-order valence-corrected chi connectivity index (χ3v) is 3.76. The van der Waals surface area contributed by atoms with Crippen molar-refractivity contribution in [3.8, 4) is 11.6 Å². The van der Waals surface area contributed by atoms with Crippen LogP contribution in [0.15, 0.2) is 73.1 Å². The first-order chi connectivity index (χ1) is 12.8. The van der Waals surface area contributed by atoms with Crippen molar-refractivity contribution in [3.63, 3.8) is 0 Å². The van der Waals surface area contributed by atoms with Crippen LogP contribution in [0.25, 0.3) is 5.65 Å². The molecule has 0 fully saturated rings. The quantitative estimate of drug-likeness (QED) is 0.601. The number of benzene rings is 1. The number of nitrogens with zero attached hydrogens (tertiary/aromatic N) is 4. The van der Waals surface area contributed by atoms with Gasteiger partial charge in [0.05, 0.1) is 12.1 Å². The Morgan fingerprint density at radius 1 is 1.00 bits per heavy atom. The summed E-state index contributed by atoms with van der Waals surface area (Å²) in [5, 5.41) is 11.0. The minimum absolute atomic E-state index is 0.239. The molecule has 26 heavy (non-hydrogen) atoms. The van der Waals surface area contributed by atoms with E-state index in [2.05, 4.69) is 20.5 Å². The number of hydrogen-bond donors (Lipinski definition) is 1. The van der Waals surface area contributed by atoms with E-state index >= 15 is 0 Å². The monoisotopic (exact) mass is 345 g/mol. The van der Waals surface area contributed by atoms with Crippen LogP contribution in [0.4, 0.5) is 0 Å². The van der Waals surface area contributed by atoms with E-state index in [1.54, 1.807) is 12.1 Å². The number of ether oxygens (including phenoxy) is 1. The average molecular weight is 345 g/mol. The van der Waals surface area contributed by atoms with Gasteiger partial charge in [-0.05, 0) is 30.3 Å². The lowest BCUT2D eigenvalue weighted by molar-refractivity contribution is 0.0949. The molecule has 0 unspecified atom stereocenters. The molecular formula is C19H15N5O2. The van der Waals surface area contributed by atoms with E-state index in [1.165, 1.54) is 6.20 Å². The summed E-state index contributed by atoms with van der Waals surface area (Å²) in [6, 6.07) is 18.3. The third kappa shape index (κ3) is 3.36. The Bertz CT molecular complexity index is 1030. The smallest absolute Gasteiger partial charge is 0.253 e. The molecule has 0 aliphatic heterocycles. The molecule has 7 heteroatoms. The maximum absolute atomic E-state index is 12.3. The van der Waals surface area contributed by atoms with Crippen molar-refractivity contribution in [2.75, 3.05) is 0 Å². The van der Waals surface area contributed by atoms with Gasteiger partial charge in [-0.2, -0.15) is 0 Å². The number of carbonyl (C=O) groups excluding carboxylic acids is 1. The van der Waals surface area contributed by atoms with Crippen LogP contribution in [-0.4, -0.2) is 25.5 Å². The summed E-state index contributed by atoms with van der Waals surface area (Å²) in [4.78, 5) is 16.5. The molecule has 7 nitrogen and oxygen atoms in total. The minimum atomic E-state index is -0.239. The average Bonchev–Trinajstić information content (AvgIpc) is 3.11. The molecule has 4 rings (SSSR count). The van der Waals surface area contributed by atoms with Crippen LogP contribution < -0.4 is 10.1 Å². The third-order valence-electron chi connectivity index (χ3n) is 3.76. The van der Waals surface area contributed by atoms with E-state index in [9.17, 15) is 4.79 Å². The first kappa shape index (κ1) is 15.8. The van der Waals surface area contributed by atoms with E-state index < -0.39 is 0 Å². The lowest BCUT2D eigenvalue weighted by Gasteiger charge is -2.06. The number of amides is 1. The second-order valence-electron chi connectivity index (χ2n) is 5.53.